The standard InChI is InChI=1S/C17H16N4O2S/c1-9(22)12-2-3-13(16-18-4-5-24-16)15-14(12)20-17(23-15)21-7-10-6-11(8-21)19-10/h2-5,10-11,19H,6-8H2,1H3. The Labute approximate surface area is 142 Å². The van der Waals surface area contributed by atoms with Gasteiger partial charge in [0.15, 0.2) is 11.4 Å². The minimum absolute atomic E-state index is 0.00584. The van der Waals surface area contributed by atoms with Crippen LogP contribution in [-0.2, 0) is 0 Å². The van der Waals surface area contributed by atoms with Crippen LogP contribution in [0.15, 0.2) is 28.1 Å². The fourth-order valence-corrected chi connectivity index (χ4v) is 4.27. The van der Waals surface area contributed by atoms with E-state index in [4.69, 9.17) is 4.42 Å². The Hall–Kier alpha value is -2.25. The number of rotatable bonds is 3. The van der Waals surface area contributed by atoms with Crippen LogP contribution in [-0.4, -0.2) is 40.9 Å². The maximum atomic E-state index is 12.0. The maximum Gasteiger partial charge on any atom is 0.298 e. The number of carbonyl (C=O) groups excluding carboxylic acids is 1. The van der Waals surface area contributed by atoms with E-state index in [1.807, 2.05) is 17.5 Å². The molecule has 0 aliphatic carbocycles. The molecule has 122 valence electrons. The number of aromatic nitrogens is 2. The van der Waals surface area contributed by atoms with Gasteiger partial charge in [-0.15, -0.1) is 11.3 Å². The number of thiazole rings is 1. The van der Waals surface area contributed by atoms with E-state index in [1.54, 1.807) is 24.5 Å². The summed E-state index contributed by atoms with van der Waals surface area (Å²) in [6, 6.07) is 5.37. The van der Waals surface area contributed by atoms with Crippen LogP contribution in [0.1, 0.15) is 23.7 Å². The van der Waals surface area contributed by atoms with Crippen LogP contribution < -0.4 is 10.2 Å². The molecule has 6 nitrogen and oxygen atoms in total. The minimum atomic E-state index is -0.00584. The summed E-state index contributed by atoms with van der Waals surface area (Å²) in [5.41, 5.74) is 2.78. The number of nitrogens with one attached hydrogen (secondary N) is 1. The van der Waals surface area contributed by atoms with E-state index in [2.05, 4.69) is 20.2 Å². The summed E-state index contributed by atoms with van der Waals surface area (Å²) in [6.07, 6.45) is 2.99. The number of nitrogens with zero attached hydrogens (tertiary/aromatic N) is 3. The first-order chi connectivity index (χ1) is 11.7. The quantitative estimate of drug-likeness (QED) is 0.739. The van der Waals surface area contributed by atoms with Crippen molar-refractivity contribution in [2.45, 2.75) is 25.4 Å². The molecule has 24 heavy (non-hydrogen) atoms. The van der Waals surface area contributed by atoms with Crippen LogP contribution in [0.4, 0.5) is 6.01 Å². The highest BCUT2D eigenvalue weighted by molar-refractivity contribution is 7.13. The van der Waals surface area contributed by atoms with Crippen molar-refractivity contribution >= 4 is 34.2 Å². The van der Waals surface area contributed by atoms with E-state index >= 15 is 0 Å². The third-order valence-electron chi connectivity index (χ3n) is 4.77. The van der Waals surface area contributed by atoms with Gasteiger partial charge in [0.2, 0.25) is 0 Å². The molecular weight excluding hydrogens is 324 g/mol. The average Bonchev–Trinajstić information content (AvgIpc) is 3.23. The molecule has 5 heterocycles. The number of fused-ring (bicyclic) bond motifs is 3. The number of benzene rings is 1. The molecule has 7 heteroatoms. The fourth-order valence-electron chi connectivity index (χ4n) is 3.61. The van der Waals surface area contributed by atoms with Crippen molar-refractivity contribution in [2.75, 3.05) is 18.0 Å². The molecule has 0 spiro atoms. The van der Waals surface area contributed by atoms with Crippen molar-refractivity contribution in [3.05, 3.63) is 29.3 Å². The minimum Gasteiger partial charge on any atom is -0.423 e. The summed E-state index contributed by atoms with van der Waals surface area (Å²) >= 11 is 1.55. The van der Waals surface area contributed by atoms with Crippen LogP contribution in [0.25, 0.3) is 21.7 Å². The van der Waals surface area contributed by atoms with Crippen molar-refractivity contribution in [3.8, 4) is 10.6 Å². The van der Waals surface area contributed by atoms with E-state index < -0.39 is 0 Å². The summed E-state index contributed by atoms with van der Waals surface area (Å²) in [7, 11) is 0. The summed E-state index contributed by atoms with van der Waals surface area (Å²) in [6.45, 7) is 3.35. The lowest BCUT2D eigenvalue weighted by molar-refractivity contribution is 0.101. The molecule has 2 atom stereocenters. The normalized spacial score (nSPS) is 22.6. The summed E-state index contributed by atoms with van der Waals surface area (Å²) in [5, 5.41) is 6.31. The number of hydrogen-bond acceptors (Lipinski definition) is 7. The van der Waals surface area contributed by atoms with Crippen molar-refractivity contribution in [3.63, 3.8) is 0 Å². The van der Waals surface area contributed by atoms with Gasteiger partial charge in [-0.1, -0.05) is 0 Å². The highest BCUT2D eigenvalue weighted by Crippen LogP contribution is 2.36. The van der Waals surface area contributed by atoms with Gasteiger partial charge in [-0.2, -0.15) is 4.98 Å². The Balaban J connectivity index is 1.66. The van der Waals surface area contributed by atoms with Gasteiger partial charge in [-0.25, -0.2) is 4.98 Å². The summed E-state index contributed by atoms with van der Waals surface area (Å²) in [5.74, 6) is -0.00584. The van der Waals surface area contributed by atoms with E-state index in [1.165, 1.54) is 6.42 Å². The third-order valence-corrected chi connectivity index (χ3v) is 5.57. The zero-order valence-electron chi connectivity index (χ0n) is 13.2. The average molecular weight is 340 g/mol. The zero-order valence-corrected chi connectivity index (χ0v) is 14.0. The first-order valence-corrected chi connectivity index (χ1v) is 8.92. The van der Waals surface area contributed by atoms with Crippen molar-refractivity contribution in [1.29, 1.82) is 0 Å². The van der Waals surface area contributed by atoms with Crippen LogP contribution in [0.3, 0.4) is 0 Å². The molecule has 2 bridgehead atoms. The van der Waals surface area contributed by atoms with Gasteiger partial charge in [0.05, 0.1) is 5.56 Å². The molecule has 3 fully saturated rings. The Morgan fingerprint density at radius 3 is 2.83 bits per heavy atom. The number of oxazole rings is 1. The number of carbonyl (C=O) groups is 1. The van der Waals surface area contributed by atoms with Crippen molar-refractivity contribution in [2.24, 2.45) is 0 Å². The molecule has 0 saturated carbocycles. The van der Waals surface area contributed by atoms with Gasteiger partial charge in [0, 0.05) is 42.3 Å². The second-order valence-electron chi connectivity index (χ2n) is 6.43. The fraction of sp³-hybridized carbons (Fsp3) is 0.353. The van der Waals surface area contributed by atoms with Crippen LogP contribution in [0.5, 0.6) is 0 Å². The third kappa shape index (κ3) is 2.08. The molecule has 3 aliphatic rings. The van der Waals surface area contributed by atoms with Crippen LogP contribution >= 0.6 is 11.3 Å². The van der Waals surface area contributed by atoms with Crippen LogP contribution in [0, 0.1) is 0 Å². The molecule has 3 aliphatic heterocycles. The lowest BCUT2D eigenvalue weighted by Crippen LogP contribution is -2.67. The topological polar surface area (TPSA) is 71.3 Å². The van der Waals surface area contributed by atoms with Gasteiger partial charge in [0.25, 0.3) is 6.01 Å². The number of hydrogen-bond donors (Lipinski definition) is 1. The lowest BCUT2D eigenvalue weighted by atomic mass is 9.92. The molecule has 0 radical (unpaired) electrons. The molecular formula is C17H16N4O2S. The Bertz CT molecular complexity index is 918. The van der Waals surface area contributed by atoms with Gasteiger partial charge in [0.1, 0.15) is 10.5 Å². The second-order valence-corrected chi connectivity index (χ2v) is 7.32. The predicted octanol–water partition coefficient (Wildman–Crippen LogP) is 2.70. The monoisotopic (exact) mass is 340 g/mol. The van der Waals surface area contributed by atoms with E-state index in [9.17, 15) is 4.79 Å². The summed E-state index contributed by atoms with van der Waals surface area (Å²) < 4.78 is 6.12. The molecule has 1 N–H and O–H groups in total. The number of piperazine rings is 1. The molecule has 2 unspecified atom stereocenters. The Morgan fingerprint density at radius 2 is 2.17 bits per heavy atom. The van der Waals surface area contributed by atoms with Gasteiger partial charge in [-0.05, 0) is 25.5 Å². The molecule has 1 aromatic carbocycles. The number of piperidine rings is 1. The second kappa shape index (κ2) is 5.12. The molecule has 3 saturated heterocycles. The molecule has 6 rings (SSSR count). The summed E-state index contributed by atoms with van der Waals surface area (Å²) in [4.78, 5) is 23.2. The molecule has 2 aromatic heterocycles. The highest BCUT2D eigenvalue weighted by Gasteiger charge is 2.38. The van der Waals surface area contributed by atoms with E-state index in [0.717, 1.165) is 23.7 Å². The Morgan fingerprint density at radius 1 is 1.38 bits per heavy atom. The van der Waals surface area contributed by atoms with E-state index in [0.29, 0.717) is 34.8 Å². The smallest absolute Gasteiger partial charge is 0.298 e. The SMILES string of the molecule is CC(=O)c1ccc(-c2nccs2)c2oc(N3CC4CC(C3)N4)nc12. The Kier molecular flexibility index (Phi) is 3.01. The highest BCUT2D eigenvalue weighted by atomic mass is 32.1. The number of Topliss-reactive ketones (excluding diaryl/α,β-unsaturated/α-hetero) is 1. The van der Waals surface area contributed by atoms with Gasteiger partial charge in [-0.3, -0.25) is 4.79 Å². The lowest BCUT2D eigenvalue weighted by Gasteiger charge is -2.47. The van der Waals surface area contributed by atoms with E-state index in [-0.39, 0.29) is 5.78 Å². The molecule has 0 amide bonds. The van der Waals surface area contributed by atoms with Crippen molar-refractivity contribution in [1.82, 2.24) is 15.3 Å². The van der Waals surface area contributed by atoms with Crippen LogP contribution in [0.2, 0.25) is 0 Å². The first kappa shape index (κ1) is 14.1. The first-order valence-electron chi connectivity index (χ1n) is 8.04. The number of ketones is 1. The predicted molar refractivity (Wildman–Crippen MR) is 92.7 cm³/mol. The largest absolute Gasteiger partial charge is 0.423 e. The molecule has 3 aromatic rings. The number of anilines is 1. The van der Waals surface area contributed by atoms with Crippen molar-refractivity contribution < 1.29 is 9.21 Å². The maximum absolute atomic E-state index is 12.0. The van der Waals surface area contributed by atoms with Gasteiger partial charge < -0.3 is 14.6 Å². The van der Waals surface area contributed by atoms with Gasteiger partial charge >= 0.3 is 0 Å². The zero-order chi connectivity index (χ0) is 16.3.